The lowest BCUT2D eigenvalue weighted by molar-refractivity contribution is -0.143. The van der Waals surface area contributed by atoms with E-state index in [0.717, 1.165) is 0 Å². The van der Waals surface area contributed by atoms with Crippen LogP contribution in [0.5, 0.6) is 17.2 Å². The summed E-state index contributed by atoms with van der Waals surface area (Å²) in [6.45, 7) is 15.3. The molecule has 0 bridgehead atoms. The second-order valence-corrected chi connectivity index (χ2v) is 7.32. The molecule has 164 valence electrons. The zero-order valence-electron chi connectivity index (χ0n) is 18.2. The molecule has 7 nitrogen and oxygen atoms in total. The molecule has 0 spiro atoms. The maximum Gasteiger partial charge on any atom is 0.333 e. The predicted molar refractivity (Wildman–Crippen MR) is 118 cm³/mol. The fourth-order valence-electron chi connectivity index (χ4n) is 2.56. The Balaban J connectivity index is 3.47. The van der Waals surface area contributed by atoms with Crippen LogP contribution in [0.25, 0.3) is 0 Å². The van der Waals surface area contributed by atoms with Crippen molar-refractivity contribution < 1.29 is 33.2 Å². The monoisotopic (exact) mass is 522 g/mol. The number of hydrogen-bond donors (Lipinski definition) is 0. The molecule has 0 aliphatic heterocycles. The number of hydrogen-bond acceptors (Lipinski definition) is 7. The fourth-order valence-corrected chi connectivity index (χ4v) is 3.26. The number of carbonyl (C=O) groups excluding carboxylic acids is 1. The van der Waals surface area contributed by atoms with Crippen LogP contribution in [0.4, 0.5) is 0 Å². The molecule has 29 heavy (non-hydrogen) atoms. The van der Waals surface area contributed by atoms with Crippen LogP contribution in [0.1, 0.15) is 53.2 Å². The molecule has 3 atom stereocenters. The number of esters is 1. The van der Waals surface area contributed by atoms with E-state index >= 15 is 0 Å². The van der Waals surface area contributed by atoms with Gasteiger partial charge < -0.3 is 28.4 Å². The Hall–Kier alpha value is -1.52. The third kappa shape index (κ3) is 7.35. The van der Waals surface area contributed by atoms with Crippen molar-refractivity contribution in [2.45, 2.75) is 60.2 Å². The summed E-state index contributed by atoms with van der Waals surface area (Å²) < 4.78 is 34.8. The average Bonchev–Trinajstić information content (AvgIpc) is 2.64. The normalized spacial score (nSPS) is 13.9. The zero-order valence-corrected chi connectivity index (χ0v) is 20.3. The number of methoxy groups -OCH3 is 1. The summed E-state index contributed by atoms with van der Waals surface area (Å²) in [5.41, 5.74) is 0.885. The summed E-state index contributed by atoms with van der Waals surface area (Å²) in [6.07, 6.45) is -1.63. The molecule has 0 fully saturated rings. The number of benzene rings is 1. The molecule has 0 aliphatic rings. The standard InChI is InChI=1S/C21H31IO7/c1-9-25-14(6)28-17-11-16(24-8)18(13(5)27-21(23)12(3)4)20(19(17)22)29-15(7)26-10-2/h11,13-15H,3,9-10H2,1-2,4-8H3. The highest BCUT2D eigenvalue weighted by Gasteiger charge is 2.28. The first-order valence-corrected chi connectivity index (χ1v) is 10.6. The Morgan fingerprint density at radius 1 is 1.07 bits per heavy atom. The topological polar surface area (TPSA) is 72.5 Å². The van der Waals surface area contributed by atoms with Crippen LogP contribution in [0, 0.1) is 3.57 Å². The first kappa shape index (κ1) is 25.5. The molecule has 1 rings (SSSR count). The number of carbonyl (C=O) groups is 1. The summed E-state index contributed by atoms with van der Waals surface area (Å²) in [5.74, 6) is 0.962. The van der Waals surface area contributed by atoms with Gasteiger partial charge in [0, 0.05) is 24.9 Å². The summed E-state index contributed by atoms with van der Waals surface area (Å²) in [6, 6.07) is 1.73. The Kier molecular flexibility index (Phi) is 10.8. The summed E-state index contributed by atoms with van der Waals surface area (Å²) in [5, 5.41) is 0. The maximum atomic E-state index is 12.1. The smallest absolute Gasteiger partial charge is 0.333 e. The quantitative estimate of drug-likeness (QED) is 0.166. The van der Waals surface area contributed by atoms with Gasteiger partial charge in [-0.1, -0.05) is 6.58 Å². The summed E-state index contributed by atoms with van der Waals surface area (Å²) in [7, 11) is 1.53. The molecule has 0 amide bonds. The third-order valence-corrected chi connectivity index (χ3v) is 4.85. The van der Waals surface area contributed by atoms with Crippen molar-refractivity contribution in [2.75, 3.05) is 20.3 Å². The van der Waals surface area contributed by atoms with Gasteiger partial charge in [0.25, 0.3) is 0 Å². The van der Waals surface area contributed by atoms with Crippen LogP contribution >= 0.6 is 22.6 Å². The largest absolute Gasteiger partial charge is 0.496 e. The highest BCUT2D eigenvalue weighted by Crippen LogP contribution is 2.45. The van der Waals surface area contributed by atoms with E-state index in [4.69, 9.17) is 28.4 Å². The molecule has 0 saturated heterocycles. The van der Waals surface area contributed by atoms with E-state index in [0.29, 0.717) is 45.2 Å². The van der Waals surface area contributed by atoms with Crippen molar-refractivity contribution in [3.63, 3.8) is 0 Å². The third-order valence-electron chi connectivity index (χ3n) is 3.83. The minimum Gasteiger partial charge on any atom is -0.496 e. The number of rotatable bonds is 12. The molecule has 0 N–H and O–H groups in total. The molecule has 0 radical (unpaired) electrons. The van der Waals surface area contributed by atoms with Crippen LogP contribution in [-0.4, -0.2) is 38.9 Å². The van der Waals surface area contributed by atoms with Gasteiger partial charge in [0.05, 0.1) is 16.2 Å². The second kappa shape index (κ2) is 12.2. The van der Waals surface area contributed by atoms with Gasteiger partial charge in [-0.2, -0.15) is 0 Å². The van der Waals surface area contributed by atoms with Gasteiger partial charge in [0.1, 0.15) is 17.6 Å². The second-order valence-electron chi connectivity index (χ2n) is 6.24. The van der Waals surface area contributed by atoms with E-state index in [1.807, 2.05) is 13.8 Å². The molecular formula is C21H31IO7. The Labute approximate surface area is 186 Å². The lowest BCUT2D eigenvalue weighted by Crippen LogP contribution is -2.21. The molecule has 0 saturated carbocycles. The van der Waals surface area contributed by atoms with Gasteiger partial charge in [-0.05, 0) is 64.1 Å². The first-order valence-electron chi connectivity index (χ1n) is 9.49. The molecule has 0 aliphatic carbocycles. The Morgan fingerprint density at radius 2 is 1.62 bits per heavy atom. The van der Waals surface area contributed by atoms with Crippen molar-refractivity contribution in [3.05, 3.63) is 27.4 Å². The van der Waals surface area contributed by atoms with E-state index < -0.39 is 24.7 Å². The van der Waals surface area contributed by atoms with Gasteiger partial charge in [-0.15, -0.1) is 0 Å². The lowest BCUT2D eigenvalue weighted by atomic mass is 10.1. The summed E-state index contributed by atoms with van der Waals surface area (Å²) in [4.78, 5) is 12.1. The molecule has 0 heterocycles. The lowest BCUT2D eigenvalue weighted by Gasteiger charge is -2.26. The predicted octanol–water partition coefficient (Wildman–Crippen LogP) is 5.00. The highest BCUT2D eigenvalue weighted by molar-refractivity contribution is 14.1. The van der Waals surface area contributed by atoms with E-state index in [1.54, 1.807) is 33.8 Å². The van der Waals surface area contributed by atoms with Crippen molar-refractivity contribution in [1.82, 2.24) is 0 Å². The van der Waals surface area contributed by atoms with Crippen molar-refractivity contribution >= 4 is 28.6 Å². The number of halogens is 1. The van der Waals surface area contributed by atoms with Crippen molar-refractivity contribution in [1.29, 1.82) is 0 Å². The molecule has 0 aromatic heterocycles. The first-order chi connectivity index (χ1) is 13.7. The molecule has 3 unspecified atom stereocenters. The van der Waals surface area contributed by atoms with E-state index in [-0.39, 0.29) is 0 Å². The van der Waals surface area contributed by atoms with Crippen molar-refractivity contribution in [2.24, 2.45) is 0 Å². The molecular weight excluding hydrogens is 491 g/mol. The van der Waals surface area contributed by atoms with Crippen LogP contribution in [-0.2, 0) is 19.0 Å². The van der Waals surface area contributed by atoms with E-state index in [9.17, 15) is 4.79 Å². The van der Waals surface area contributed by atoms with E-state index in [1.165, 1.54) is 7.11 Å². The molecule has 8 heteroatoms. The zero-order chi connectivity index (χ0) is 22.1. The van der Waals surface area contributed by atoms with Gasteiger partial charge in [0.2, 0.25) is 0 Å². The molecule has 1 aromatic rings. The van der Waals surface area contributed by atoms with Gasteiger partial charge >= 0.3 is 5.97 Å². The Bertz CT molecular complexity index is 705. The average molecular weight is 522 g/mol. The highest BCUT2D eigenvalue weighted by atomic mass is 127. The van der Waals surface area contributed by atoms with Crippen LogP contribution in [0.15, 0.2) is 18.2 Å². The summed E-state index contributed by atoms with van der Waals surface area (Å²) >= 11 is 2.13. The number of ether oxygens (including phenoxy) is 6. The maximum absolute atomic E-state index is 12.1. The molecule has 1 aromatic carbocycles. The van der Waals surface area contributed by atoms with Crippen LogP contribution < -0.4 is 14.2 Å². The van der Waals surface area contributed by atoms with Gasteiger partial charge in [-0.3, -0.25) is 0 Å². The minimum absolute atomic E-state index is 0.307. The van der Waals surface area contributed by atoms with Crippen LogP contribution in [0.3, 0.4) is 0 Å². The van der Waals surface area contributed by atoms with Gasteiger partial charge in [0.15, 0.2) is 18.3 Å². The van der Waals surface area contributed by atoms with E-state index in [2.05, 4.69) is 29.2 Å². The van der Waals surface area contributed by atoms with Gasteiger partial charge in [-0.25, -0.2) is 4.79 Å². The van der Waals surface area contributed by atoms with Crippen molar-refractivity contribution in [3.8, 4) is 17.2 Å². The van der Waals surface area contributed by atoms with Crippen LogP contribution in [0.2, 0.25) is 0 Å². The Morgan fingerprint density at radius 3 is 2.10 bits per heavy atom. The fraction of sp³-hybridized carbons (Fsp3) is 0.571. The minimum atomic E-state index is -0.648. The SMILES string of the molecule is C=C(C)C(=O)OC(C)c1c(OC)cc(OC(C)OCC)c(I)c1OC(C)OCC.